The van der Waals surface area contributed by atoms with Crippen molar-refractivity contribution in [2.45, 2.75) is 19.4 Å². The van der Waals surface area contributed by atoms with Crippen LogP contribution in [0.15, 0.2) is 50.6 Å². The minimum atomic E-state index is 0. The zero-order valence-corrected chi connectivity index (χ0v) is 17.9. The van der Waals surface area contributed by atoms with Crippen molar-refractivity contribution in [1.29, 1.82) is 0 Å². The van der Waals surface area contributed by atoms with Crippen LogP contribution in [-0.2, 0) is 17.7 Å². The number of furan rings is 2. The Hall–Kier alpha value is -1.52. The maximum atomic E-state index is 5.38. The Balaban J connectivity index is 0.00000261. The highest BCUT2D eigenvalue weighted by Crippen LogP contribution is 2.02. The van der Waals surface area contributed by atoms with Crippen molar-refractivity contribution in [3.05, 3.63) is 48.3 Å². The lowest BCUT2D eigenvalue weighted by Gasteiger charge is -2.26. The molecule has 2 N–H and O–H groups in total. The van der Waals surface area contributed by atoms with Gasteiger partial charge in [-0.05, 0) is 37.2 Å². The molecule has 0 atom stereocenters. The Kier molecular flexibility index (Phi) is 10.3. The molecule has 27 heavy (non-hydrogen) atoms. The molecule has 8 heteroatoms. The number of hydrogen-bond donors (Lipinski definition) is 2. The number of guanidine groups is 1. The molecule has 2 aromatic rings. The molecule has 1 aliphatic heterocycles. The summed E-state index contributed by atoms with van der Waals surface area (Å²) in [6, 6.07) is 7.70. The molecule has 0 aromatic carbocycles. The zero-order valence-electron chi connectivity index (χ0n) is 15.6. The number of nitrogens with one attached hydrogen (secondary N) is 2. The number of morpholine rings is 1. The van der Waals surface area contributed by atoms with Crippen LogP contribution in [0.1, 0.15) is 17.9 Å². The number of halogens is 1. The molecule has 1 saturated heterocycles. The smallest absolute Gasteiger partial charge is 0.191 e. The van der Waals surface area contributed by atoms with E-state index in [1.54, 1.807) is 12.5 Å². The third-order valence-corrected chi connectivity index (χ3v) is 4.26. The summed E-state index contributed by atoms with van der Waals surface area (Å²) >= 11 is 0. The number of ether oxygens (including phenoxy) is 1. The minimum absolute atomic E-state index is 0. The fourth-order valence-corrected chi connectivity index (χ4v) is 2.83. The van der Waals surface area contributed by atoms with Gasteiger partial charge in [-0.3, -0.25) is 4.90 Å². The molecule has 0 amide bonds. The second-order valence-corrected chi connectivity index (χ2v) is 6.23. The fourth-order valence-electron chi connectivity index (χ4n) is 2.83. The summed E-state index contributed by atoms with van der Waals surface area (Å²) in [4.78, 5) is 7.05. The average molecular weight is 488 g/mol. The van der Waals surface area contributed by atoms with Gasteiger partial charge in [0.2, 0.25) is 0 Å². The number of nitrogens with zero attached hydrogens (tertiary/aromatic N) is 2. The first-order valence-corrected chi connectivity index (χ1v) is 9.27. The summed E-state index contributed by atoms with van der Waals surface area (Å²) in [5.74, 6) is 2.62. The van der Waals surface area contributed by atoms with Crippen LogP contribution in [0.3, 0.4) is 0 Å². The first-order chi connectivity index (χ1) is 12.9. The SMILES string of the molecule is I.c1coc(CCNC(=NCc2ccco2)NCCCN2CCOCC2)c1. The molecule has 0 radical (unpaired) electrons. The van der Waals surface area contributed by atoms with Crippen molar-refractivity contribution in [2.24, 2.45) is 4.99 Å². The van der Waals surface area contributed by atoms with Crippen LogP contribution in [0.5, 0.6) is 0 Å². The van der Waals surface area contributed by atoms with E-state index in [2.05, 4.69) is 20.5 Å². The summed E-state index contributed by atoms with van der Waals surface area (Å²) in [5.41, 5.74) is 0. The second kappa shape index (κ2) is 12.8. The molecule has 0 aliphatic carbocycles. The lowest BCUT2D eigenvalue weighted by atomic mass is 10.3. The van der Waals surface area contributed by atoms with E-state index >= 15 is 0 Å². The van der Waals surface area contributed by atoms with Gasteiger partial charge in [0.05, 0.1) is 25.7 Å². The molecule has 3 rings (SSSR count). The molecule has 150 valence electrons. The van der Waals surface area contributed by atoms with Crippen LogP contribution in [0.2, 0.25) is 0 Å². The molecule has 7 nitrogen and oxygen atoms in total. The predicted molar refractivity (Wildman–Crippen MR) is 116 cm³/mol. The maximum Gasteiger partial charge on any atom is 0.191 e. The third-order valence-electron chi connectivity index (χ3n) is 4.26. The quantitative estimate of drug-likeness (QED) is 0.245. The third kappa shape index (κ3) is 8.35. The van der Waals surface area contributed by atoms with Gasteiger partial charge in [-0.2, -0.15) is 0 Å². The predicted octanol–water partition coefficient (Wildman–Crippen LogP) is 2.49. The van der Waals surface area contributed by atoms with E-state index < -0.39 is 0 Å². The first-order valence-electron chi connectivity index (χ1n) is 9.27. The van der Waals surface area contributed by atoms with Gasteiger partial charge in [-0.25, -0.2) is 4.99 Å². The van der Waals surface area contributed by atoms with Crippen molar-refractivity contribution in [2.75, 3.05) is 45.9 Å². The summed E-state index contributed by atoms with van der Waals surface area (Å²) in [6.45, 7) is 6.99. The molecule has 0 unspecified atom stereocenters. The van der Waals surface area contributed by atoms with Gasteiger partial charge >= 0.3 is 0 Å². The molecule has 0 saturated carbocycles. The summed E-state index contributed by atoms with van der Waals surface area (Å²) in [6.07, 6.45) is 5.26. The van der Waals surface area contributed by atoms with E-state index in [1.807, 2.05) is 24.3 Å². The van der Waals surface area contributed by atoms with Crippen LogP contribution in [0, 0.1) is 0 Å². The highest BCUT2D eigenvalue weighted by molar-refractivity contribution is 14.0. The van der Waals surface area contributed by atoms with Gasteiger partial charge in [0.15, 0.2) is 5.96 Å². The zero-order chi connectivity index (χ0) is 17.9. The summed E-state index contributed by atoms with van der Waals surface area (Å²) in [5, 5.41) is 6.77. The van der Waals surface area contributed by atoms with E-state index in [0.29, 0.717) is 6.54 Å². The van der Waals surface area contributed by atoms with Gasteiger partial charge in [-0.15, -0.1) is 24.0 Å². The number of aliphatic imine (C=N–C) groups is 1. The van der Waals surface area contributed by atoms with Gasteiger partial charge in [0.25, 0.3) is 0 Å². The van der Waals surface area contributed by atoms with E-state index in [-0.39, 0.29) is 24.0 Å². The van der Waals surface area contributed by atoms with Gasteiger partial charge < -0.3 is 24.2 Å². The summed E-state index contributed by atoms with van der Waals surface area (Å²) in [7, 11) is 0. The van der Waals surface area contributed by atoms with Crippen molar-refractivity contribution >= 4 is 29.9 Å². The monoisotopic (exact) mass is 488 g/mol. The molecule has 3 heterocycles. The average Bonchev–Trinajstić information content (AvgIpc) is 3.37. The van der Waals surface area contributed by atoms with Crippen LogP contribution >= 0.6 is 24.0 Å². The van der Waals surface area contributed by atoms with Crippen LogP contribution in [-0.4, -0.2) is 56.8 Å². The first kappa shape index (κ1) is 21.8. The Morgan fingerprint density at radius 2 is 1.70 bits per heavy atom. The Labute approximate surface area is 177 Å². The second-order valence-electron chi connectivity index (χ2n) is 6.23. The van der Waals surface area contributed by atoms with Crippen LogP contribution < -0.4 is 10.6 Å². The highest BCUT2D eigenvalue weighted by Gasteiger charge is 2.09. The van der Waals surface area contributed by atoms with Gasteiger partial charge in [0.1, 0.15) is 18.1 Å². The normalized spacial score (nSPS) is 15.3. The van der Waals surface area contributed by atoms with E-state index in [9.17, 15) is 0 Å². The maximum absolute atomic E-state index is 5.38. The molecule has 1 fully saturated rings. The van der Waals surface area contributed by atoms with Crippen molar-refractivity contribution in [3.8, 4) is 0 Å². The standard InChI is InChI=1S/C19H28N4O3.HI/c1-4-17(25-12-1)6-8-21-19(22-16-18-5-2-13-26-18)20-7-3-9-23-10-14-24-15-11-23;/h1-2,4-5,12-13H,3,6-11,14-16H2,(H2,20,21,22);1H. The van der Waals surface area contributed by atoms with Crippen molar-refractivity contribution < 1.29 is 13.6 Å². The van der Waals surface area contributed by atoms with E-state index in [4.69, 9.17) is 13.6 Å². The van der Waals surface area contributed by atoms with Crippen LogP contribution in [0.4, 0.5) is 0 Å². The molecule has 0 spiro atoms. The minimum Gasteiger partial charge on any atom is -0.469 e. The van der Waals surface area contributed by atoms with Crippen LogP contribution in [0.25, 0.3) is 0 Å². The molecule has 2 aromatic heterocycles. The largest absolute Gasteiger partial charge is 0.469 e. The highest BCUT2D eigenvalue weighted by atomic mass is 127. The molecule has 1 aliphatic rings. The number of hydrogen-bond acceptors (Lipinski definition) is 5. The Morgan fingerprint density at radius 1 is 1.00 bits per heavy atom. The van der Waals surface area contributed by atoms with Crippen molar-refractivity contribution in [3.63, 3.8) is 0 Å². The Bertz CT molecular complexity index is 625. The lowest BCUT2D eigenvalue weighted by Crippen LogP contribution is -2.41. The van der Waals surface area contributed by atoms with E-state index in [0.717, 1.165) is 76.3 Å². The molecule has 0 bridgehead atoms. The Morgan fingerprint density at radius 3 is 2.41 bits per heavy atom. The van der Waals surface area contributed by atoms with Gasteiger partial charge in [0, 0.05) is 32.6 Å². The van der Waals surface area contributed by atoms with Crippen molar-refractivity contribution in [1.82, 2.24) is 15.5 Å². The molecular formula is C19H29IN4O3. The topological polar surface area (TPSA) is 75.2 Å². The van der Waals surface area contributed by atoms with Gasteiger partial charge in [-0.1, -0.05) is 0 Å². The molecular weight excluding hydrogens is 459 g/mol. The summed E-state index contributed by atoms with van der Waals surface area (Å²) < 4.78 is 16.1. The lowest BCUT2D eigenvalue weighted by molar-refractivity contribution is 0.0376. The van der Waals surface area contributed by atoms with E-state index in [1.165, 1.54) is 0 Å². The fraction of sp³-hybridized carbons (Fsp3) is 0.526. The number of rotatable bonds is 9.